The Morgan fingerprint density at radius 1 is 1.18 bits per heavy atom. The molecule has 6 nitrogen and oxygen atoms in total. The van der Waals surface area contributed by atoms with Gasteiger partial charge in [0.25, 0.3) is 5.91 Å². The minimum Gasteiger partial charge on any atom is -0.484 e. The summed E-state index contributed by atoms with van der Waals surface area (Å²) in [5, 5.41) is 0.384. The number of thioether (sulfide) groups is 1. The number of nitrogens with zero attached hydrogens (tertiary/aromatic N) is 2. The number of anilines is 1. The van der Waals surface area contributed by atoms with Crippen LogP contribution in [0.15, 0.2) is 64.1 Å². The van der Waals surface area contributed by atoms with E-state index in [2.05, 4.69) is 20.9 Å². The Kier molecular flexibility index (Phi) is 5.48. The lowest BCUT2D eigenvalue weighted by Gasteiger charge is -2.24. The molecule has 0 radical (unpaired) electrons. The molecule has 2 heterocycles. The van der Waals surface area contributed by atoms with Gasteiger partial charge in [-0.3, -0.25) is 4.79 Å². The van der Waals surface area contributed by atoms with E-state index in [-0.39, 0.29) is 29.4 Å². The number of fused-ring (bicyclic) bond motifs is 1. The summed E-state index contributed by atoms with van der Waals surface area (Å²) in [6.07, 6.45) is 0. The normalized spacial score (nSPS) is 24.3. The molecular formula is C19H17BrN2O4S2. The number of rotatable bonds is 4. The highest BCUT2D eigenvalue weighted by Gasteiger charge is 2.49. The quantitative estimate of drug-likeness (QED) is 0.668. The molecule has 2 aromatic rings. The SMILES string of the molecule is O=C(COc1ccccc1)N=C1S[C@H]2CS(=O)(=O)C[C@@H]2N1c1cccc(Br)c1. The lowest BCUT2D eigenvalue weighted by Crippen LogP contribution is -2.37. The molecule has 2 fully saturated rings. The number of para-hydroxylation sites is 1. The molecule has 4 rings (SSSR count). The van der Waals surface area contributed by atoms with Gasteiger partial charge < -0.3 is 9.64 Å². The molecule has 28 heavy (non-hydrogen) atoms. The van der Waals surface area contributed by atoms with E-state index in [0.29, 0.717) is 10.9 Å². The van der Waals surface area contributed by atoms with Crippen molar-refractivity contribution >= 4 is 54.3 Å². The van der Waals surface area contributed by atoms with Crippen molar-refractivity contribution in [1.82, 2.24) is 0 Å². The van der Waals surface area contributed by atoms with Crippen molar-refractivity contribution in [3.05, 3.63) is 59.1 Å². The van der Waals surface area contributed by atoms with Gasteiger partial charge in [0.2, 0.25) is 0 Å². The van der Waals surface area contributed by atoms with E-state index in [1.165, 1.54) is 11.8 Å². The molecule has 2 aromatic carbocycles. The Morgan fingerprint density at radius 2 is 1.96 bits per heavy atom. The van der Waals surface area contributed by atoms with E-state index < -0.39 is 15.7 Å². The summed E-state index contributed by atoms with van der Waals surface area (Å²) in [6, 6.07) is 16.4. The zero-order valence-electron chi connectivity index (χ0n) is 14.7. The number of amidine groups is 1. The van der Waals surface area contributed by atoms with Crippen molar-refractivity contribution in [2.75, 3.05) is 23.0 Å². The van der Waals surface area contributed by atoms with Gasteiger partial charge in [0.1, 0.15) is 5.75 Å². The van der Waals surface area contributed by atoms with Gasteiger partial charge in [-0.15, -0.1) is 0 Å². The first-order valence-corrected chi connectivity index (χ1v) is 12.1. The minimum atomic E-state index is -3.09. The van der Waals surface area contributed by atoms with Crippen LogP contribution in [0, 0.1) is 0 Å². The molecule has 0 saturated carbocycles. The molecule has 146 valence electrons. The van der Waals surface area contributed by atoms with Crippen LogP contribution in [0.4, 0.5) is 5.69 Å². The first kappa shape index (κ1) is 19.5. The van der Waals surface area contributed by atoms with E-state index in [9.17, 15) is 13.2 Å². The van der Waals surface area contributed by atoms with Crippen LogP contribution in [0.3, 0.4) is 0 Å². The number of sulfone groups is 1. The summed E-state index contributed by atoms with van der Waals surface area (Å²) >= 11 is 4.79. The number of carbonyl (C=O) groups is 1. The fourth-order valence-electron chi connectivity index (χ4n) is 3.29. The van der Waals surface area contributed by atoms with E-state index in [1.54, 1.807) is 12.1 Å². The largest absolute Gasteiger partial charge is 0.484 e. The number of carbonyl (C=O) groups excluding carboxylic acids is 1. The van der Waals surface area contributed by atoms with Crippen molar-refractivity contribution < 1.29 is 17.9 Å². The fraction of sp³-hybridized carbons (Fsp3) is 0.263. The first-order chi connectivity index (χ1) is 13.4. The van der Waals surface area contributed by atoms with Crippen molar-refractivity contribution in [3.8, 4) is 5.75 Å². The number of hydrogen-bond donors (Lipinski definition) is 0. The van der Waals surface area contributed by atoms with Crippen LogP contribution < -0.4 is 9.64 Å². The number of hydrogen-bond acceptors (Lipinski definition) is 5. The van der Waals surface area contributed by atoms with E-state index >= 15 is 0 Å². The number of ether oxygens (including phenoxy) is 1. The maximum atomic E-state index is 12.4. The molecule has 2 aliphatic heterocycles. The third kappa shape index (κ3) is 4.26. The van der Waals surface area contributed by atoms with Crippen LogP contribution >= 0.6 is 27.7 Å². The summed E-state index contributed by atoms with van der Waals surface area (Å²) in [5.74, 6) is 0.349. The number of aliphatic imine (C=N–C) groups is 1. The summed E-state index contributed by atoms with van der Waals surface area (Å²) < 4.78 is 30.6. The zero-order valence-corrected chi connectivity index (χ0v) is 17.9. The van der Waals surface area contributed by atoms with Gasteiger partial charge in [0.15, 0.2) is 21.6 Å². The van der Waals surface area contributed by atoms with Crippen molar-refractivity contribution in [2.24, 2.45) is 4.99 Å². The fourth-order valence-corrected chi connectivity index (χ4v) is 7.61. The predicted octanol–water partition coefficient (Wildman–Crippen LogP) is 3.13. The van der Waals surface area contributed by atoms with E-state index in [1.807, 2.05) is 47.4 Å². The van der Waals surface area contributed by atoms with Gasteiger partial charge >= 0.3 is 0 Å². The topological polar surface area (TPSA) is 76.0 Å². The van der Waals surface area contributed by atoms with E-state index in [4.69, 9.17) is 4.74 Å². The molecule has 9 heteroatoms. The summed E-state index contributed by atoms with van der Waals surface area (Å²) in [4.78, 5) is 18.5. The zero-order chi connectivity index (χ0) is 19.7. The van der Waals surface area contributed by atoms with Gasteiger partial charge in [-0.2, -0.15) is 4.99 Å². The summed E-state index contributed by atoms with van der Waals surface area (Å²) in [6.45, 7) is -0.173. The standard InChI is InChI=1S/C19H17BrN2O4S2/c20-13-5-4-6-14(9-13)22-16-11-28(24,25)12-17(16)27-19(22)21-18(23)10-26-15-7-2-1-3-8-15/h1-9,16-17H,10-12H2/t16-,17-/m0/s1. The lowest BCUT2D eigenvalue weighted by molar-refractivity contribution is -0.119. The van der Waals surface area contributed by atoms with Crippen LogP contribution in [0.5, 0.6) is 5.75 Å². The molecular weight excluding hydrogens is 464 g/mol. The Labute approximate surface area is 176 Å². The van der Waals surface area contributed by atoms with Gasteiger partial charge in [0, 0.05) is 15.4 Å². The Hall–Kier alpha value is -1.84. The van der Waals surface area contributed by atoms with Crippen LogP contribution in [-0.4, -0.2) is 48.9 Å². The average molecular weight is 481 g/mol. The predicted molar refractivity (Wildman–Crippen MR) is 115 cm³/mol. The van der Waals surface area contributed by atoms with Gasteiger partial charge in [-0.25, -0.2) is 8.42 Å². The average Bonchev–Trinajstić information content (AvgIpc) is 3.11. The second kappa shape index (κ2) is 7.88. The highest BCUT2D eigenvalue weighted by atomic mass is 79.9. The Morgan fingerprint density at radius 3 is 2.71 bits per heavy atom. The maximum absolute atomic E-state index is 12.4. The monoisotopic (exact) mass is 480 g/mol. The molecule has 2 saturated heterocycles. The molecule has 2 atom stereocenters. The molecule has 1 amide bonds. The molecule has 0 spiro atoms. The van der Waals surface area contributed by atoms with Gasteiger partial charge in [-0.1, -0.05) is 52.0 Å². The Balaban J connectivity index is 1.58. The van der Waals surface area contributed by atoms with Crippen LogP contribution in [-0.2, 0) is 14.6 Å². The summed E-state index contributed by atoms with van der Waals surface area (Å²) in [7, 11) is -3.09. The van der Waals surface area contributed by atoms with Crippen molar-refractivity contribution in [1.29, 1.82) is 0 Å². The molecule has 2 aliphatic rings. The van der Waals surface area contributed by atoms with Crippen molar-refractivity contribution in [3.63, 3.8) is 0 Å². The third-order valence-electron chi connectivity index (χ3n) is 4.48. The molecule has 0 aliphatic carbocycles. The molecule has 0 bridgehead atoms. The lowest BCUT2D eigenvalue weighted by atomic mass is 10.2. The highest BCUT2D eigenvalue weighted by Crippen LogP contribution is 2.41. The van der Waals surface area contributed by atoms with Gasteiger partial charge in [-0.05, 0) is 30.3 Å². The van der Waals surface area contributed by atoms with Gasteiger partial charge in [0.05, 0.1) is 17.5 Å². The van der Waals surface area contributed by atoms with Crippen molar-refractivity contribution in [2.45, 2.75) is 11.3 Å². The molecule has 0 unspecified atom stereocenters. The minimum absolute atomic E-state index is 0.0604. The first-order valence-electron chi connectivity index (χ1n) is 8.62. The van der Waals surface area contributed by atoms with E-state index in [0.717, 1.165) is 10.2 Å². The molecule has 0 aromatic heterocycles. The van der Waals surface area contributed by atoms with Crippen LogP contribution in [0.25, 0.3) is 0 Å². The molecule has 0 N–H and O–H groups in total. The van der Waals surface area contributed by atoms with Crippen LogP contribution in [0.1, 0.15) is 0 Å². The van der Waals surface area contributed by atoms with Crippen LogP contribution in [0.2, 0.25) is 0 Å². The smallest absolute Gasteiger partial charge is 0.285 e. The second-order valence-corrected chi connectivity index (χ2v) is 10.8. The number of amides is 1. The maximum Gasteiger partial charge on any atom is 0.285 e. The second-order valence-electron chi connectivity index (χ2n) is 6.54. The summed E-state index contributed by atoms with van der Waals surface area (Å²) in [5.41, 5.74) is 0.807. The third-order valence-corrected chi connectivity index (χ3v) is 8.18. The number of halogens is 1. The highest BCUT2D eigenvalue weighted by molar-refractivity contribution is 9.10. The number of benzene rings is 2. The Bertz CT molecular complexity index is 1030.